The predicted octanol–water partition coefficient (Wildman–Crippen LogP) is 4.22. The van der Waals surface area contributed by atoms with E-state index >= 15 is 0 Å². The van der Waals surface area contributed by atoms with E-state index in [9.17, 15) is 0 Å². The maximum Gasteiger partial charge on any atom is 0.0294 e. The second kappa shape index (κ2) is 5.68. The molecule has 0 amide bonds. The standard InChI is InChI=1S/C16H25N/c1-12-6-4-9-16(10-12)14(3)17-13(2)11-15-7-5-8-15/h4,6,9-10,13-15,17H,5,7-8,11H2,1-3H3/t13?,14-/m1/s1. The zero-order valence-electron chi connectivity index (χ0n) is 11.4. The Hall–Kier alpha value is -0.820. The van der Waals surface area contributed by atoms with Gasteiger partial charge in [-0.1, -0.05) is 49.1 Å². The molecule has 1 saturated carbocycles. The molecule has 1 aliphatic rings. The number of aryl methyl sites for hydroxylation is 1. The van der Waals surface area contributed by atoms with Crippen LogP contribution in [0, 0.1) is 12.8 Å². The fraction of sp³-hybridized carbons (Fsp3) is 0.625. The Morgan fingerprint density at radius 2 is 2.06 bits per heavy atom. The Labute approximate surface area is 106 Å². The molecule has 2 rings (SSSR count). The first-order valence-corrected chi connectivity index (χ1v) is 6.98. The molecule has 1 aromatic carbocycles. The van der Waals surface area contributed by atoms with Crippen molar-refractivity contribution >= 4 is 0 Å². The Morgan fingerprint density at radius 1 is 1.29 bits per heavy atom. The van der Waals surface area contributed by atoms with Crippen molar-refractivity contribution < 1.29 is 0 Å². The first-order valence-electron chi connectivity index (χ1n) is 6.98. The molecule has 1 unspecified atom stereocenters. The van der Waals surface area contributed by atoms with Crippen LogP contribution >= 0.6 is 0 Å². The number of hydrogen-bond donors (Lipinski definition) is 1. The molecule has 0 bridgehead atoms. The molecule has 0 spiro atoms. The summed E-state index contributed by atoms with van der Waals surface area (Å²) < 4.78 is 0. The molecular weight excluding hydrogens is 206 g/mol. The summed E-state index contributed by atoms with van der Waals surface area (Å²) in [4.78, 5) is 0. The highest BCUT2D eigenvalue weighted by Gasteiger charge is 2.20. The molecule has 2 atom stereocenters. The van der Waals surface area contributed by atoms with Gasteiger partial charge in [-0.3, -0.25) is 0 Å². The summed E-state index contributed by atoms with van der Waals surface area (Å²) >= 11 is 0. The molecule has 1 heteroatoms. The van der Waals surface area contributed by atoms with Gasteiger partial charge in [0, 0.05) is 12.1 Å². The summed E-state index contributed by atoms with van der Waals surface area (Å²) in [5, 5.41) is 3.72. The van der Waals surface area contributed by atoms with E-state index in [1.54, 1.807) is 0 Å². The van der Waals surface area contributed by atoms with Crippen molar-refractivity contribution in [1.82, 2.24) is 5.32 Å². The third kappa shape index (κ3) is 3.57. The van der Waals surface area contributed by atoms with Crippen molar-refractivity contribution in [3.05, 3.63) is 35.4 Å². The maximum absolute atomic E-state index is 3.72. The molecule has 0 aliphatic heterocycles. The van der Waals surface area contributed by atoms with E-state index in [0.29, 0.717) is 12.1 Å². The number of benzene rings is 1. The summed E-state index contributed by atoms with van der Waals surface area (Å²) in [6, 6.07) is 9.92. The number of rotatable bonds is 5. The lowest BCUT2D eigenvalue weighted by molar-refractivity contribution is 0.259. The Balaban J connectivity index is 1.84. The summed E-state index contributed by atoms with van der Waals surface area (Å²) in [5.41, 5.74) is 2.76. The SMILES string of the molecule is Cc1cccc([C@@H](C)NC(C)CC2CCC2)c1. The Kier molecular flexibility index (Phi) is 4.22. The fourth-order valence-electron chi connectivity index (χ4n) is 2.76. The molecule has 0 heterocycles. The van der Waals surface area contributed by atoms with Crippen LogP contribution < -0.4 is 5.32 Å². The largest absolute Gasteiger partial charge is 0.308 e. The van der Waals surface area contributed by atoms with Crippen LogP contribution in [0.25, 0.3) is 0 Å². The fourth-order valence-corrected chi connectivity index (χ4v) is 2.76. The third-order valence-corrected chi connectivity index (χ3v) is 3.99. The molecule has 94 valence electrons. The highest BCUT2D eigenvalue weighted by Crippen LogP contribution is 2.30. The second-order valence-corrected chi connectivity index (χ2v) is 5.74. The number of hydrogen-bond acceptors (Lipinski definition) is 1. The summed E-state index contributed by atoms with van der Waals surface area (Å²) in [5.74, 6) is 0.988. The smallest absolute Gasteiger partial charge is 0.0294 e. The first kappa shape index (κ1) is 12.6. The van der Waals surface area contributed by atoms with Gasteiger partial charge in [0.1, 0.15) is 0 Å². The molecule has 1 nitrogen and oxygen atoms in total. The Bertz CT molecular complexity index is 354. The molecule has 1 fully saturated rings. The predicted molar refractivity (Wildman–Crippen MR) is 74.1 cm³/mol. The lowest BCUT2D eigenvalue weighted by atomic mass is 9.81. The van der Waals surface area contributed by atoms with Gasteiger partial charge in [0.2, 0.25) is 0 Å². The van der Waals surface area contributed by atoms with Crippen molar-refractivity contribution in [3.63, 3.8) is 0 Å². The van der Waals surface area contributed by atoms with Crippen LogP contribution in [0.2, 0.25) is 0 Å². The Morgan fingerprint density at radius 3 is 2.65 bits per heavy atom. The van der Waals surface area contributed by atoms with E-state index < -0.39 is 0 Å². The van der Waals surface area contributed by atoms with Crippen LogP contribution in [0.5, 0.6) is 0 Å². The van der Waals surface area contributed by atoms with Crippen LogP contribution in [-0.2, 0) is 0 Å². The van der Waals surface area contributed by atoms with Crippen LogP contribution in [0.3, 0.4) is 0 Å². The van der Waals surface area contributed by atoms with Gasteiger partial charge in [-0.15, -0.1) is 0 Å². The molecule has 1 aliphatic carbocycles. The third-order valence-electron chi connectivity index (χ3n) is 3.99. The monoisotopic (exact) mass is 231 g/mol. The van der Waals surface area contributed by atoms with Gasteiger partial charge < -0.3 is 5.32 Å². The van der Waals surface area contributed by atoms with Crippen molar-refractivity contribution in [2.24, 2.45) is 5.92 Å². The quantitative estimate of drug-likeness (QED) is 0.800. The van der Waals surface area contributed by atoms with Crippen molar-refractivity contribution in [3.8, 4) is 0 Å². The minimum Gasteiger partial charge on any atom is -0.308 e. The average molecular weight is 231 g/mol. The van der Waals surface area contributed by atoms with E-state index in [1.165, 1.54) is 36.8 Å². The summed E-state index contributed by atoms with van der Waals surface area (Å²) in [6.45, 7) is 6.75. The zero-order chi connectivity index (χ0) is 12.3. The van der Waals surface area contributed by atoms with Gasteiger partial charge >= 0.3 is 0 Å². The average Bonchev–Trinajstić information content (AvgIpc) is 2.23. The lowest BCUT2D eigenvalue weighted by Gasteiger charge is -2.30. The van der Waals surface area contributed by atoms with E-state index in [0.717, 1.165) is 5.92 Å². The normalized spacial score (nSPS) is 19.7. The zero-order valence-corrected chi connectivity index (χ0v) is 11.4. The van der Waals surface area contributed by atoms with Crippen molar-refractivity contribution in [2.45, 2.75) is 58.5 Å². The van der Waals surface area contributed by atoms with Gasteiger partial charge in [0.25, 0.3) is 0 Å². The topological polar surface area (TPSA) is 12.0 Å². The van der Waals surface area contributed by atoms with Gasteiger partial charge in [0.05, 0.1) is 0 Å². The lowest BCUT2D eigenvalue weighted by Crippen LogP contribution is -2.32. The van der Waals surface area contributed by atoms with Crippen LogP contribution in [0.4, 0.5) is 0 Å². The highest BCUT2D eigenvalue weighted by atomic mass is 14.9. The van der Waals surface area contributed by atoms with Crippen LogP contribution in [0.15, 0.2) is 24.3 Å². The number of nitrogens with one attached hydrogen (secondary N) is 1. The van der Waals surface area contributed by atoms with Gasteiger partial charge in [-0.05, 0) is 38.7 Å². The minimum absolute atomic E-state index is 0.463. The van der Waals surface area contributed by atoms with E-state index in [1.807, 2.05) is 0 Å². The van der Waals surface area contributed by atoms with Crippen LogP contribution in [-0.4, -0.2) is 6.04 Å². The molecule has 0 aromatic heterocycles. The van der Waals surface area contributed by atoms with Crippen LogP contribution in [0.1, 0.15) is 56.7 Å². The summed E-state index contributed by atoms with van der Waals surface area (Å²) in [6.07, 6.45) is 5.69. The van der Waals surface area contributed by atoms with E-state index in [2.05, 4.69) is 50.4 Å². The molecule has 1 N–H and O–H groups in total. The van der Waals surface area contributed by atoms with E-state index in [-0.39, 0.29) is 0 Å². The van der Waals surface area contributed by atoms with Gasteiger partial charge in [-0.2, -0.15) is 0 Å². The molecule has 0 saturated heterocycles. The van der Waals surface area contributed by atoms with Gasteiger partial charge in [-0.25, -0.2) is 0 Å². The van der Waals surface area contributed by atoms with E-state index in [4.69, 9.17) is 0 Å². The molecular formula is C16H25N. The van der Waals surface area contributed by atoms with Gasteiger partial charge in [0.15, 0.2) is 0 Å². The molecule has 1 aromatic rings. The second-order valence-electron chi connectivity index (χ2n) is 5.74. The van der Waals surface area contributed by atoms with Crippen molar-refractivity contribution in [2.75, 3.05) is 0 Å². The van der Waals surface area contributed by atoms with Crippen molar-refractivity contribution in [1.29, 1.82) is 0 Å². The minimum atomic E-state index is 0.463. The highest BCUT2D eigenvalue weighted by molar-refractivity contribution is 5.24. The first-order chi connectivity index (χ1) is 8.15. The molecule has 0 radical (unpaired) electrons. The maximum atomic E-state index is 3.72. The molecule has 17 heavy (non-hydrogen) atoms. The summed E-state index contributed by atoms with van der Waals surface area (Å²) in [7, 11) is 0.